The fourth-order valence-corrected chi connectivity index (χ4v) is 5.45. The number of amides is 3. The molecular weight excluding hydrogens is 548 g/mol. The molecule has 10 heteroatoms. The molecule has 1 saturated heterocycles. The summed E-state index contributed by atoms with van der Waals surface area (Å²) < 4.78 is 6.91. The highest BCUT2D eigenvalue weighted by Crippen LogP contribution is 2.29. The topological polar surface area (TPSA) is 84.7 Å². The van der Waals surface area contributed by atoms with Gasteiger partial charge in [-0.25, -0.2) is 14.6 Å². The summed E-state index contributed by atoms with van der Waals surface area (Å²) in [5.74, 6) is 0.269. The number of hydrogen-bond acceptors (Lipinski definition) is 6. The van der Waals surface area contributed by atoms with E-state index in [1.807, 2.05) is 37.4 Å². The lowest BCUT2D eigenvalue weighted by Crippen LogP contribution is -2.33. The number of imide groups is 1. The minimum absolute atomic E-state index is 0. The average Bonchev–Trinajstić information content (AvgIpc) is 3.59. The van der Waals surface area contributed by atoms with E-state index in [-0.39, 0.29) is 30.3 Å². The molecule has 3 heterocycles. The maximum absolute atomic E-state index is 13.6. The van der Waals surface area contributed by atoms with Gasteiger partial charge in [0.05, 0.1) is 31.1 Å². The number of hydrogen-bond donors (Lipinski definition) is 0. The molecule has 0 unspecified atom stereocenters. The molecule has 3 amide bonds. The van der Waals surface area contributed by atoms with E-state index in [0.29, 0.717) is 30.9 Å². The Bertz CT molecular complexity index is 1360. The highest BCUT2D eigenvalue weighted by atomic mass is 35.5. The van der Waals surface area contributed by atoms with Crippen molar-refractivity contribution in [2.45, 2.75) is 66.0 Å². The lowest BCUT2D eigenvalue weighted by Gasteiger charge is -2.17. The third-order valence-corrected chi connectivity index (χ3v) is 7.95. The van der Waals surface area contributed by atoms with Crippen molar-refractivity contribution in [3.63, 3.8) is 0 Å². The molecule has 0 N–H and O–H groups in total. The zero-order chi connectivity index (χ0) is 27.9. The molecule has 3 aromatic rings. The Morgan fingerprint density at radius 1 is 1.02 bits per heavy atom. The van der Waals surface area contributed by atoms with E-state index < -0.39 is 0 Å². The summed E-state index contributed by atoms with van der Waals surface area (Å²) in [5, 5.41) is 2.01. The molecule has 2 aromatic heterocycles. The highest BCUT2D eigenvalue weighted by Gasteiger charge is 2.41. The molecule has 0 bridgehead atoms. The SMILES string of the molecule is CCCCc1ncc(/C=C2/C(=O)N(CCCC)C(=O)N2Cc2sccc2C)n1Cc1ccc(C(=O)OC)cc1.Cl. The maximum atomic E-state index is 13.6. The second-order valence-corrected chi connectivity index (χ2v) is 10.7. The molecule has 0 aliphatic carbocycles. The van der Waals surface area contributed by atoms with Gasteiger partial charge in [0.15, 0.2) is 0 Å². The first-order valence-electron chi connectivity index (χ1n) is 13.5. The van der Waals surface area contributed by atoms with Crippen molar-refractivity contribution in [1.82, 2.24) is 19.4 Å². The van der Waals surface area contributed by atoms with Crippen molar-refractivity contribution in [3.8, 4) is 0 Å². The molecule has 0 radical (unpaired) electrons. The Morgan fingerprint density at radius 2 is 1.75 bits per heavy atom. The Kier molecular flexibility index (Phi) is 11.1. The van der Waals surface area contributed by atoms with E-state index in [1.165, 1.54) is 12.0 Å². The monoisotopic (exact) mass is 584 g/mol. The van der Waals surface area contributed by atoms with Crippen LogP contribution in [0.4, 0.5) is 4.79 Å². The first kappa shape index (κ1) is 31.1. The molecule has 0 atom stereocenters. The number of nitrogens with zero attached hydrogens (tertiary/aromatic N) is 4. The van der Waals surface area contributed by atoms with Gasteiger partial charge in [0.25, 0.3) is 5.91 Å². The smallest absolute Gasteiger partial charge is 0.337 e. The summed E-state index contributed by atoms with van der Waals surface area (Å²) in [6.07, 6.45) is 8.06. The number of carbonyl (C=O) groups is 3. The molecule has 1 aliphatic heterocycles. The van der Waals surface area contributed by atoms with Crippen LogP contribution in [0.5, 0.6) is 0 Å². The molecule has 0 spiro atoms. The summed E-state index contributed by atoms with van der Waals surface area (Å²) >= 11 is 1.59. The van der Waals surface area contributed by atoms with Crippen LogP contribution in [-0.2, 0) is 29.0 Å². The molecule has 1 aliphatic rings. The predicted molar refractivity (Wildman–Crippen MR) is 160 cm³/mol. The van der Waals surface area contributed by atoms with Gasteiger partial charge < -0.3 is 9.30 Å². The third-order valence-electron chi connectivity index (χ3n) is 6.95. The van der Waals surface area contributed by atoms with Crippen molar-refractivity contribution < 1.29 is 19.1 Å². The van der Waals surface area contributed by atoms with E-state index in [4.69, 9.17) is 9.72 Å². The number of halogens is 1. The van der Waals surface area contributed by atoms with Crippen molar-refractivity contribution in [3.05, 3.63) is 80.7 Å². The van der Waals surface area contributed by atoms with Crippen LogP contribution in [0, 0.1) is 6.92 Å². The van der Waals surface area contributed by atoms with Crippen LogP contribution in [-0.4, -0.2) is 50.9 Å². The number of methoxy groups -OCH3 is 1. The minimum Gasteiger partial charge on any atom is -0.465 e. The number of carbonyl (C=O) groups excluding carboxylic acids is 3. The normalized spacial score (nSPS) is 14.2. The zero-order valence-electron chi connectivity index (χ0n) is 23.5. The van der Waals surface area contributed by atoms with Crippen molar-refractivity contribution in [1.29, 1.82) is 0 Å². The Morgan fingerprint density at radius 3 is 2.38 bits per heavy atom. The van der Waals surface area contributed by atoms with Gasteiger partial charge in [-0.1, -0.05) is 38.8 Å². The number of esters is 1. The van der Waals surface area contributed by atoms with Crippen LogP contribution in [0.3, 0.4) is 0 Å². The number of rotatable bonds is 12. The van der Waals surface area contributed by atoms with E-state index in [9.17, 15) is 14.4 Å². The van der Waals surface area contributed by atoms with Crippen LogP contribution in [0.25, 0.3) is 6.08 Å². The van der Waals surface area contributed by atoms with E-state index >= 15 is 0 Å². The number of unbranched alkanes of at least 4 members (excludes halogenated alkanes) is 2. The number of aromatic nitrogens is 2. The summed E-state index contributed by atoms with van der Waals surface area (Å²) in [5.41, 5.74) is 3.71. The second kappa shape index (κ2) is 14.3. The minimum atomic E-state index is -0.378. The zero-order valence-corrected chi connectivity index (χ0v) is 25.1. The standard InChI is InChI=1S/C30H36N4O4S.ClH/c1-5-7-9-27-31-18-24(33(27)19-22-10-12-23(13-11-22)29(36)38-4)17-25-28(35)32(15-8-6-2)30(37)34(25)20-26-21(3)14-16-39-26;/h10-14,16-18H,5-9,15,19-20H2,1-4H3;1H/b25-17-;. The number of aryl methyl sites for hydroxylation is 2. The van der Waals surface area contributed by atoms with Crippen molar-refractivity contribution >= 4 is 47.7 Å². The summed E-state index contributed by atoms with van der Waals surface area (Å²) in [7, 11) is 1.36. The molecule has 214 valence electrons. The van der Waals surface area contributed by atoms with Gasteiger partial charge in [-0.2, -0.15) is 0 Å². The summed E-state index contributed by atoms with van der Waals surface area (Å²) in [4.78, 5) is 47.6. The van der Waals surface area contributed by atoms with Crippen LogP contribution in [0.15, 0.2) is 47.6 Å². The Labute approximate surface area is 246 Å². The first-order chi connectivity index (χ1) is 18.9. The van der Waals surface area contributed by atoms with Crippen LogP contribution in [0.2, 0.25) is 0 Å². The van der Waals surface area contributed by atoms with Crippen LogP contribution in [0.1, 0.15) is 77.4 Å². The first-order valence-corrected chi connectivity index (χ1v) is 14.4. The third kappa shape index (κ3) is 6.82. The van der Waals surface area contributed by atoms with E-state index in [0.717, 1.165) is 59.6 Å². The fraction of sp³-hybridized carbons (Fsp3) is 0.400. The van der Waals surface area contributed by atoms with Gasteiger partial charge in [-0.3, -0.25) is 14.6 Å². The van der Waals surface area contributed by atoms with Crippen LogP contribution < -0.4 is 0 Å². The molecular formula is C30H37ClN4O4S. The fourth-order valence-electron chi connectivity index (χ4n) is 4.55. The van der Waals surface area contributed by atoms with Crippen LogP contribution >= 0.6 is 23.7 Å². The lowest BCUT2D eigenvalue weighted by molar-refractivity contribution is -0.123. The predicted octanol–water partition coefficient (Wildman–Crippen LogP) is 6.46. The average molecular weight is 585 g/mol. The van der Waals surface area contributed by atoms with Gasteiger partial charge >= 0.3 is 12.0 Å². The Balaban J connectivity index is 0.00000441. The molecule has 0 saturated carbocycles. The van der Waals surface area contributed by atoms with Gasteiger partial charge in [0.1, 0.15) is 11.5 Å². The van der Waals surface area contributed by atoms with E-state index in [2.05, 4.69) is 11.5 Å². The number of imidazole rings is 1. The largest absolute Gasteiger partial charge is 0.465 e. The van der Waals surface area contributed by atoms with E-state index in [1.54, 1.807) is 40.6 Å². The molecule has 4 rings (SSSR count). The van der Waals surface area contributed by atoms with Crippen molar-refractivity contribution in [2.24, 2.45) is 0 Å². The number of thiophene rings is 1. The number of urea groups is 1. The van der Waals surface area contributed by atoms with Gasteiger partial charge in [-0.05, 0) is 60.5 Å². The summed E-state index contributed by atoms with van der Waals surface area (Å²) in [6, 6.07) is 9.05. The van der Waals surface area contributed by atoms with Crippen molar-refractivity contribution in [2.75, 3.05) is 13.7 Å². The number of ether oxygens (including phenoxy) is 1. The highest BCUT2D eigenvalue weighted by molar-refractivity contribution is 7.10. The number of benzene rings is 1. The van der Waals surface area contributed by atoms with Gasteiger partial charge in [0, 0.05) is 24.4 Å². The van der Waals surface area contributed by atoms with Gasteiger partial charge in [0.2, 0.25) is 0 Å². The molecule has 1 aromatic carbocycles. The molecule has 8 nitrogen and oxygen atoms in total. The molecule has 40 heavy (non-hydrogen) atoms. The second-order valence-electron chi connectivity index (χ2n) is 9.71. The summed E-state index contributed by atoms with van der Waals surface area (Å²) in [6.45, 7) is 7.48. The Hall–Kier alpha value is -3.43. The lowest BCUT2D eigenvalue weighted by atomic mass is 10.1. The quantitative estimate of drug-likeness (QED) is 0.139. The molecule has 1 fully saturated rings. The maximum Gasteiger partial charge on any atom is 0.337 e. The van der Waals surface area contributed by atoms with Gasteiger partial charge in [-0.15, -0.1) is 23.7 Å².